The molecule has 0 radical (unpaired) electrons. The van der Waals surface area contributed by atoms with Crippen LogP contribution in [-0.4, -0.2) is 59.6 Å². The normalized spacial score (nSPS) is 21.2. The molecule has 7 heteroatoms. The second-order valence-corrected chi connectivity index (χ2v) is 5.85. The third kappa shape index (κ3) is 3.25. The predicted molar refractivity (Wildman–Crippen MR) is 83.1 cm³/mol. The Hall–Kier alpha value is -2.64. The number of rotatable bonds is 3. The summed E-state index contributed by atoms with van der Waals surface area (Å²) in [4.78, 5) is 22.5. The Bertz CT molecular complexity index is 659. The van der Waals surface area contributed by atoms with Crippen LogP contribution < -0.4 is 4.90 Å². The second kappa shape index (κ2) is 6.64. The van der Waals surface area contributed by atoms with E-state index >= 15 is 0 Å². The summed E-state index contributed by atoms with van der Waals surface area (Å²) in [6.07, 6.45) is 3.25. The Morgan fingerprint density at radius 3 is 2.87 bits per heavy atom. The van der Waals surface area contributed by atoms with Crippen molar-refractivity contribution in [1.29, 1.82) is 10.5 Å². The largest absolute Gasteiger partial charge is 0.342 e. The zero-order chi connectivity index (χ0) is 16.2. The van der Waals surface area contributed by atoms with E-state index in [0.717, 1.165) is 31.7 Å². The van der Waals surface area contributed by atoms with Crippen molar-refractivity contribution >= 4 is 11.7 Å². The van der Waals surface area contributed by atoms with Gasteiger partial charge in [0.2, 0.25) is 5.91 Å². The fourth-order valence-electron chi connectivity index (χ4n) is 3.08. The lowest BCUT2D eigenvalue weighted by Gasteiger charge is -2.23. The molecule has 1 atom stereocenters. The van der Waals surface area contributed by atoms with Gasteiger partial charge in [-0.05, 0) is 25.0 Å². The third-order valence-corrected chi connectivity index (χ3v) is 4.34. The third-order valence-electron chi connectivity index (χ3n) is 4.34. The second-order valence-electron chi connectivity index (χ2n) is 5.85. The minimum absolute atomic E-state index is 0.0312. The van der Waals surface area contributed by atoms with Crippen LogP contribution in [0, 0.1) is 22.7 Å². The maximum absolute atomic E-state index is 12.4. The van der Waals surface area contributed by atoms with Gasteiger partial charge in [0.15, 0.2) is 0 Å². The summed E-state index contributed by atoms with van der Waals surface area (Å²) in [5.41, 5.74) is 0.538. The lowest BCUT2D eigenvalue weighted by molar-refractivity contribution is -0.132. The zero-order valence-corrected chi connectivity index (χ0v) is 12.9. The highest BCUT2D eigenvalue weighted by atomic mass is 16.2. The van der Waals surface area contributed by atoms with Crippen LogP contribution >= 0.6 is 0 Å². The van der Waals surface area contributed by atoms with Gasteiger partial charge in [-0.1, -0.05) is 0 Å². The minimum Gasteiger partial charge on any atom is -0.342 e. The van der Waals surface area contributed by atoms with Crippen LogP contribution in [-0.2, 0) is 4.79 Å². The van der Waals surface area contributed by atoms with E-state index in [2.05, 4.69) is 26.9 Å². The van der Waals surface area contributed by atoms with Gasteiger partial charge in [-0.3, -0.25) is 9.69 Å². The Labute approximate surface area is 135 Å². The van der Waals surface area contributed by atoms with Crippen LogP contribution in [0.15, 0.2) is 18.3 Å². The lowest BCUT2D eigenvalue weighted by Crippen LogP contribution is -2.42. The highest BCUT2D eigenvalue weighted by Crippen LogP contribution is 2.19. The van der Waals surface area contributed by atoms with Crippen molar-refractivity contribution in [3.8, 4) is 12.1 Å². The highest BCUT2D eigenvalue weighted by Gasteiger charge is 2.31. The fraction of sp³-hybridized carbons (Fsp3) is 0.500. The number of pyridine rings is 1. The first-order valence-electron chi connectivity index (χ1n) is 7.74. The standard InChI is InChI=1S/C16H18N6O/c17-8-13-3-4-15(19-10-13)21-7-6-20(12-21)11-16(23)22-5-1-2-14(22)9-18/h3-4,10,14H,1-2,5-7,11-12H2. The number of hydrogen-bond acceptors (Lipinski definition) is 6. The van der Waals surface area contributed by atoms with Crippen molar-refractivity contribution in [2.24, 2.45) is 0 Å². The SMILES string of the molecule is N#Cc1ccc(N2CCN(CC(=O)N3CCCC3C#N)C2)nc1. The summed E-state index contributed by atoms with van der Waals surface area (Å²) in [7, 11) is 0. The number of nitrogens with zero attached hydrogens (tertiary/aromatic N) is 6. The smallest absolute Gasteiger partial charge is 0.237 e. The van der Waals surface area contributed by atoms with E-state index in [-0.39, 0.29) is 11.9 Å². The number of hydrogen-bond donors (Lipinski definition) is 0. The van der Waals surface area contributed by atoms with Crippen molar-refractivity contribution < 1.29 is 4.79 Å². The molecule has 1 aromatic heterocycles. The number of carbonyl (C=O) groups excluding carboxylic acids is 1. The number of aromatic nitrogens is 1. The van der Waals surface area contributed by atoms with Crippen LogP contribution in [0.25, 0.3) is 0 Å². The van der Waals surface area contributed by atoms with E-state index in [1.165, 1.54) is 0 Å². The molecule has 3 heterocycles. The summed E-state index contributed by atoms with van der Waals surface area (Å²) in [5.74, 6) is 0.846. The molecular formula is C16H18N6O. The van der Waals surface area contributed by atoms with Gasteiger partial charge in [0.1, 0.15) is 17.9 Å². The molecule has 0 bridgehead atoms. The van der Waals surface area contributed by atoms with Crippen LogP contribution in [0.3, 0.4) is 0 Å². The number of anilines is 1. The molecule has 118 valence electrons. The quantitative estimate of drug-likeness (QED) is 0.810. The molecule has 1 unspecified atom stereocenters. The molecular weight excluding hydrogens is 292 g/mol. The molecule has 23 heavy (non-hydrogen) atoms. The van der Waals surface area contributed by atoms with E-state index < -0.39 is 0 Å². The highest BCUT2D eigenvalue weighted by molar-refractivity contribution is 5.79. The van der Waals surface area contributed by atoms with Crippen molar-refractivity contribution in [3.63, 3.8) is 0 Å². The first-order chi connectivity index (χ1) is 11.2. The molecule has 1 aromatic rings. The number of likely N-dealkylation sites (tertiary alicyclic amines) is 1. The maximum Gasteiger partial charge on any atom is 0.237 e. The van der Waals surface area contributed by atoms with Crippen molar-refractivity contribution in [2.45, 2.75) is 18.9 Å². The molecule has 0 aliphatic carbocycles. The van der Waals surface area contributed by atoms with Crippen LogP contribution in [0.1, 0.15) is 18.4 Å². The van der Waals surface area contributed by atoms with Gasteiger partial charge in [0.25, 0.3) is 0 Å². The van der Waals surface area contributed by atoms with Gasteiger partial charge >= 0.3 is 0 Å². The Morgan fingerprint density at radius 2 is 2.17 bits per heavy atom. The van der Waals surface area contributed by atoms with Crippen LogP contribution in [0.5, 0.6) is 0 Å². The van der Waals surface area contributed by atoms with Gasteiger partial charge in [-0.2, -0.15) is 10.5 Å². The predicted octanol–water partition coefficient (Wildman–Crippen LogP) is 0.547. The molecule has 0 N–H and O–H groups in total. The van der Waals surface area contributed by atoms with Crippen molar-refractivity contribution in [3.05, 3.63) is 23.9 Å². The first-order valence-corrected chi connectivity index (χ1v) is 7.74. The summed E-state index contributed by atoms with van der Waals surface area (Å²) < 4.78 is 0. The monoisotopic (exact) mass is 310 g/mol. The average molecular weight is 310 g/mol. The minimum atomic E-state index is -0.263. The summed E-state index contributed by atoms with van der Waals surface area (Å²) in [6.45, 7) is 3.25. The molecule has 0 aromatic carbocycles. The summed E-state index contributed by atoms with van der Waals surface area (Å²) >= 11 is 0. The maximum atomic E-state index is 12.4. The zero-order valence-electron chi connectivity index (χ0n) is 12.9. The Balaban J connectivity index is 1.56. The first kappa shape index (κ1) is 15.3. The fourth-order valence-corrected chi connectivity index (χ4v) is 3.08. The molecule has 2 fully saturated rings. The topological polar surface area (TPSA) is 87.3 Å². The molecule has 0 saturated carbocycles. The summed E-state index contributed by atoms with van der Waals surface area (Å²) in [5, 5.41) is 17.9. The number of amides is 1. The molecule has 2 saturated heterocycles. The van der Waals surface area contributed by atoms with E-state index in [4.69, 9.17) is 10.5 Å². The number of carbonyl (C=O) groups is 1. The van der Waals surface area contributed by atoms with Crippen molar-refractivity contribution in [2.75, 3.05) is 37.7 Å². The molecule has 2 aliphatic heterocycles. The average Bonchev–Trinajstić information content (AvgIpc) is 3.23. The van der Waals surface area contributed by atoms with Crippen LogP contribution in [0.2, 0.25) is 0 Å². The van der Waals surface area contributed by atoms with E-state index in [9.17, 15) is 4.79 Å². The lowest BCUT2D eigenvalue weighted by atomic mass is 10.2. The van der Waals surface area contributed by atoms with E-state index in [1.54, 1.807) is 17.2 Å². The van der Waals surface area contributed by atoms with Gasteiger partial charge in [0, 0.05) is 25.8 Å². The molecule has 3 rings (SSSR count). The van der Waals surface area contributed by atoms with Gasteiger partial charge in [-0.15, -0.1) is 0 Å². The summed E-state index contributed by atoms with van der Waals surface area (Å²) in [6, 6.07) is 7.57. The Morgan fingerprint density at radius 1 is 1.30 bits per heavy atom. The van der Waals surface area contributed by atoms with E-state index in [1.807, 2.05) is 6.07 Å². The van der Waals surface area contributed by atoms with Gasteiger partial charge in [-0.25, -0.2) is 4.98 Å². The molecule has 1 amide bonds. The number of nitriles is 2. The van der Waals surface area contributed by atoms with Crippen LogP contribution in [0.4, 0.5) is 5.82 Å². The van der Waals surface area contributed by atoms with Gasteiger partial charge in [0.05, 0.1) is 24.8 Å². The van der Waals surface area contributed by atoms with Gasteiger partial charge < -0.3 is 9.80 Å². The van der Waals surface area contributed by atoms with Crippen molar-refractivity contribution in [1.82, 2.24) is 14.8 Å². The Kier molecular flexibility index (Phi) is 4.40. The molecule has 7 nitrogen and oxygen atoms in total. The molecule has 2 aliphatic rings. The molecule has 0 spiro atoms. The van der Waals surface area contributed by atoms with E-state index in [0.29, 0.717) is 25.3 Å².